The maximum atomic E-state index is 11.1. The Hall–Kier alpha value is -0.150. The zero-order chi connectivity index (χ0) is 11.6. The Labute approximate surface area is 107 Å². The number of rotatable bonds is 2. The summed E-state index contributed by atoms with van der Waals surface area (Å²) in [7, 11) is 0. The molecule has 0 radical (unpaired) electrons. The highest BCUT2D eigenvalue weighted by atomic mass is 35.5. The summed E-state index contributed by atoms with van der Waals surface area (Å²) in [5.41, 5.74) is 0. The fraction of sp³-hybridized carbons (Fsp3) is 0.222. The Morgan fingerprint density at radius 2 is 1.80 bits per heavy atom. The van der Waals surface area contributed by atoms with Gasteiger partial charge in [-0.3, -0.25) is 4.79 Å². The first-order valence-corrected chi connectivity index (χ1v) is 5.52. The van der Waals surface area contributed by atoms with Gasteiger partial charge in [-0.1, -0.05) is 53.3 Å². The summed E-state index contributed by atoms with van der Waals surface area (Å²) in [6.45, 7) is 1.65. The van der Waals surface area contributed by atoms with E-state index in [-0.39, 0.29) is 32.3 Å². The molecule has 0 fully saturated rings. The van der Waals surface area contributed by atoms with Gasteiger partial charge in [0.15, 0.2) is 5.75 Å². The summed E-state index contributed by atoms with van der Waals surface area (Å²) in [5, 5.41) is 0.511. The first-order chi connectivity index (χ1) is 6.97. The SMILES string of the molecule is CCC(=O)Oc1c(Cl)cc(Cl)c(Cl)c1Cl. The van der Waals surface area contributed by atoms with Crippen molar-refractivity contribution in [3.63, 3.8) is 0 Å². The van der Waals surface area contributed by atoms with Crippen LogP contribution in [0.4, 0.5) is 0 Å². The molecule has 0 spiro atoms. The van der Waals surface area contributed by atoms with Crippen molar-refractivity contribution in [1.82, 2.24) is 0 Å². The maximum Gasteiger partial charge on any atom is 0.311 e. The molecule has 82 valence electrons. The summed E-state index contributed by atoms with van der Waals surface area (Å²) in [6, 6.07) is 1.37. The number of esters is 1. The van der Waals surface area contributed by atoms with Crippen molar-refractivity contribution < 1.29 is 9.53 Å². The van der Waals surface area contributed by atoms with Crippen LogP contribution in [0.15, 0.2) is 6.07 Å². The molecule has 0 bridgehead atoms. The number of halogens is 4. The number of carbonyl (C=O) groups is 1. The molecule has 15 heavy (non-hydrogen) atoms. The second kappa shape index (κ2) is 5.26. The molecule has 1 rings (SSSR count). The van der Waals surface area contributed by atoms with E-state index in [1.807, 2.05) is 0 Å². The third-order valence-corrected chi connectivity index (χ3v) is 3.10. The quantitative estimate of drug-likeness (QED) is 0.343. The molecule has 0 aliphatic heterocycles. The highest BCUT2D eigenvalue weighted by Crippen LogP contribution is 2.42. The minimum Gasteiger partial charge on any atom is -0.423 e. The Kier molecular flexibility index (Phi) is 4.53. The van der Waals surface area contributed by atoms with Gasteiger partial charge in [-0.25, -0.2) is 0 Å². The largest absolute Gasteiger partial charge is 0.423 e. The number of hydrogen-bond donors (Lipinski definition) is 0. The molecule has 0 atom stereocenters. The average molecular weight is 288 g/mol. The van der Waals surface area contributed by atoms with Gasteiger partial charge in [0.1, 0.15) is 5.02 Å². The van der Waals surface area contributed by atoms with E-state index in [2.05, 4.69) is 0 Å². The van der Waals surface area contributed by atoms with Gasteiger partial charge in [-0.05, 0) is 6.07 Å². The van der Waals surface area contributed by atoms with Gasteiger partial charge in [0, 0.05) is 6.42 Å². The second-order valence-corrected chi connectivity index (χ2v) is 4.20. The summed E-state index contributed by atoms with van der Waals surface area (Å²) in [4.78, 5) is 11.1. The van der Waals surface area contributed by atoms with Crippen LogP contribution in [-0.4, -0.2) is 5.97 Å². The standard InChI is InChI=1S/C9H6Cl4O2/c1-2-6(14)15-9-5(11)3-4(10)7(12)8(9)13/h3H,2H2,1H3. The molecule has 6 heteroatoms. The normalized spacial score (nSPS) is 10.2. The van der Waals surface area contributed by atoms with Crippen LogP contribution in [0.2, 0.25) is 20.1 Å². The summed E-state index contributed by atoms with van der Waals surface area (Å²) in [5.74, 6) is -0.406. The monoisotopic (exact) mass is 286 g/mol. The molecule has 0 amide bonds. The van der Waals surface area contributed by atoms with Crippen molar-refractivity contribution in [2.75, 3.05) is 0 Å². The number of benzene rings is 1. The minimum absolute atomic E-state index is 0.0379. The zero-order valence-corrected chi connectivity index (χ0v) is 10.6. The van der Waals surface area contributed by atoms with Crippen LogP contribution >= 0.6 is 46.4 Å². The predicted octanol–water partition coefficient (Wildman–Crippen LogP) is 4.62. The molecular formula is C9H6Cl4O2. The van der Waals surface area contributed by atoms with Gasteiger partial charge in [0.2, 0.25) is 0 Å². The van der Waals surface area contributed by atoms with E-state index in [1.165, 1.54) is 6.07 Å². The average Bonchev–Trinajstić information content (AvgIpc) is 2.21. The molecule has 0 heterocycles. The fourth-order valence-corrected chi connectivity index (χ4v) is 1.81. The Morgan fingerprint density at radius 1 is 1.20 bits per heavy atom. The lowest BCUT2D eigenvalue weighted by Gasteiger charge is -2.09. The van der Waals surface area contributed by atoms with Crippen molar-refractivity contribution in [3.05, 3.63) is 26.2 Å². The smallest absolute Gasteiger partial charge is 0.311 e. The summed E-state index contributed by atoms with van der Waals surface area (Å²) >= 11 is 23.1. The lowest BCUT2D eigenvalue weighted by Crippen LogP contribution is -2.06. The molecule has 0 saturated heterocycles. The van der Waals surface area contributed by atoms with Crippen molar-refractivity contribution in [3.8, 4) is 5.75 Å². The lowest BCUT2D eigenvalue weighted by molar-refractivity contribution is -0.134. The molecule has 0 aliphatic carbocycles. The predicted molar refractivity (Wildman–Crippen MR) is 62.4 cm³/mol. The Bertz CT molecular complexity index is 404. The van der Waals surface area contributed by atoms with Gasteiger partial charge >= 0.3 is 5.97 Å². The van der Waals surface area contributed by atoms with Crippen molar-refractivity contribution >= 4 is 52.4 Å². The molecule has 0 aromatic heterocycles. The van der Waals surface area contributed by atoms with Crippen LogP contribution in [0.5, 0.6) is 5.75 Å². The molecule has 0 N–H and O–H groups in total. The van der Waals surface area contributed by atoms with Crippen molar-refractivity contribution in [2.45, 2.75) is 13.3 Å². The van der Waals surface area contributed by atoms with E-state index in [0.717, 1.165) is 0 Å². The molecule has 2 nitrogen and oxygen atoms in total. The van der Waals surface area contributed by atoms with E-state index in [4.69, 9.17) is 51.1 Å². The Morgan fingerprint density at radius 3 is 2.33 bits per heavy atom. The number of ether oxygens (including phenoxy) is 1. The summed E-state index contributed by atoms with van der Waals surface area (Å²) in [6.07, 6.45) is 0.215. The number of carbonyl (C=O) groups excluding carboxylic acids is 1. The molecular weight excluding hydrogens is 282 g/mol. The van der Waals surface area contributed by atoms with Crippen molar-refractivity contribution in [1.29, 1.82) is 0 Å². The van der Waals surface area contributed by atoms with Crippen LogP contribution < -0.4 is 4.74 Å². The van der Waals surface area contributed by atoms with Gasteiger partial charge in [0.05, 0.1) is 15.1 Å². The highest BCUT2D eigenvalue weighted by molar-refractivity contribution is 6.50. The lowest BCUT2D eigenvalue weighted by atomic mass is 10.3. The van der Waals surface area contributed by atoms with E-state index in [0.29, 0.717) is 0 Å². The molecule has 1 aromatic rings. The van der Waals surface area contributed by atoms with Gasteiger partial charge in [-0.15, -0.1) is 0 Å². The van der Waals surface area contributed by atoms with E-state index >= 15 is 0 Å². The first-order valence-electron chi connectivity index (χ1n) is 4.01. The molecule has 0 unspecified atom stereocenters. The molecule has 0 saturated carbocycles. The van der Waals surface area contributed by atoms with E-state index in [9.17, 15) is 4.79 Å². The van der Waals surface area contributed by atoms with Crippen LogP contribution in [0.3, 0.4) is 0 Å². The van der Waals surface area contributed by atoms with Gasteiger partial charge in [0.25, 0.3) is 0 Å². The summed E-state index contributed by atoms with van der Waals surface area (Å²) < 4.78 is 4.92. The first kappa shape index (κ1) is 12.9. The maximum absolute atomic E-state index is 11.1. The van der Waals surface area contributed by atoms with E-state index in [1.54, 1.807) is 6.92 Å². The topological polar surface area (TPSA) is 26.3 Å². The highest BCUT2D eigenvalue weighted by Gasteiger charge is 2.17. The fourth-order valence-electron chi connectivity index (χ4n) is 0.829. The zero-order valence-electron chi connectivity index (χ0n) is 7.61. The van der Waals surface area contributed by atoms with Gasteiger partial charge < -0.3 is 4.74 Å². The van der Waals surface area contributed by atoms with Crippen LogP contribution in [0.1, 0.15) is 13.3 Å². The third kappa shape index (κ3) is 2.91. The van der Waals surface area contributed by atoms with Crippen molar-refractivity contribution in [2.24, 2.45) is 0 Å². The van der Waals surface area contributed by atoms with Crippen LogP contribution in [-0.2, 0) is 4.79 Å². The van der Waals surface area contributed by atoms with Crippen LogP contribution in [0.25, 0.3) is 0 Å². The number of hydrogen-bond acceptors (Lipinski definition) is 2. The third-order valence-electron chi connectivity index (χ3n) is 1.58. The second-order valence-electron chi connectivity index (χ2n) is 2.62. The Balaban J connectivity index is 3.18. The molecule has 1 aromatic carbocycles. The minimum atomic E-state index is -0.447. The van der Waals surface area contributed by atoms with E-state index < -0.39 is 5.97 Å². The molecule has 0 aliphatic rings. The van der Waals surface area contributed by atoms with Gasteiger partial charge in [-0.2, -0.15) is 0 Å². The van der Waals surface area contributed by atoms with Crippen LogP contribution in [0, 0.1) is 0 Å².